The lowest BCUT2D eigenvalue weighted by molar-refractivity contribution is 0.000419. The number of methoxy groups -OCH3 is 1. The van der Waals surface area contributed by atoms with E-state index >= 15 is 0 Å². The molecule has 1 aromatic carbocycles. The number of likely N-dealkylation sites (tertiary alicyclic amines) is 1. The predicted molar refractivity (Wildman–Crippen MR) is 95.4 cm³/mol. The molecule has 1 saturated heterocycles. The van der Waals surface area contributed by atoms with Crippen LogP contribution in [-0.4, -0.2) is 54.8 Å². The van der Waals surface area contributed by atoms with Crippen LogP contribution in [0.25, 0.3) is 0 Å². The summed E-state index contributed by atoms with van der Waals surface area (Å²) in [5, 5.41) is 0. The quantitative estimate of drug-likeness (QED) is 0.727. The average Bonchev–Trinajstić information content (AvgIpc) is 3.05. The van der Waals surface area contributed by atoms with Gasteiger partial charge in [-0.1, -0.05) is 36.4 Å². The topological polar surface area (TPSA) is 51.7 Å². The van der Waals surface area contributed by atoms with Crippen molar-refractivity contribution < 1.29 is 14.3 Å². The minimum absolute atomic E-state index is 0.00811. The number of hydrogen-bond acceptors (Lipinski definition) is 4. The lowest BCUT2D eigenvalue weighted by Gasteiger charge is -2.28. The zero-order valence-electron chi connectivity index (χ0n) is 14.5. The van der Waals surface area contributed by atoms with Crippen LogP contribution in [-0.2, 0) is 15.9 Å². The van der Waals surface area contributed by atoms with E-state index in [1.165, 1.54) is 5.56 Å². The number of carbonyl (C=O) groups excluding carboxylic acids is 1. The maximum Gasteiger partial charge on any atom is 0.272 e. The summed E-state index contributed by atoms with van der Waals surface area (Å²) in [5.74, 6) is -0.0284. The van der Waals surface area contributed by atoms with E-state index in [2.05, 4.69) is 17.1 Å². The third-order valence-corrected chi connectivity index (χ3v) is 4.54. The number of ether oxygens (including phenoxy) is 2. The summed E-state index contributed by atoms with van der Waals surface area (Å²) < 4.78 is 11.1. The third-order valence-electron chi connectivity index (χ3n) is 4.54. The highest BCUT2D eigenvalue weighted by atomic mass is 16.5. The zero-order valence-corrected chi connectivity index (χ0v) is 14.5. The number of hydrogen-bond donors (Lipinski definition) is 0. The van der Waals surface area contributed by atoms with Crippen LogP contribution in [0.15, 0.2) is 54.7 Å². The van der Waals surface area contributed by atoms with Crippen molar-refractivity contribution in [3.05, 3.63) is 66.0 Å². The Hall–Kier alpha value is -2.24. The van der Waals surface area contributed by atoms with Gasteiger partial charge in [-0.15, -0.1) is 0 Å². The Morgan fingerprint density at radius 1 is 1.16 bits per heavy atom. The van der Waals surface area contributed by atoms with Crippen LogP contribution in [0.2, 0.25) is 0 Å². The molecule has 0 saturated carbocycles. The molecule has 0 bridgehead atoms. The van der Waals surface area contributed by atoms with Crippen LogP contribution in [0, 0.1) is 0 Å². The fourth-order valence-corrected chi connectivity index (χ4v) is 3.29. The smallest absolute Gasteiger partial charge is 0.272 e. The van der Waals surface area contributed by atoms with Gasteiger partial charge in [0, 0.05) is 19.9 Å². The summed E-state index contributed by atoms with van der Waals surface area (Å²) in [4.78, 5) is 19.0. The van der Waals surface area contributed by atoms with Gasteiger partial charge < -0.3 is 14.4 Å². The number of rotatable bonds is 7. The molecule has 2 aromatic rings. The first-order valence-electron chi connectivity index (χ1n) is 8.66. The van der Waals surface area contributed by atoms with E-state index in [1.54, 1.807) is 19.4 Å². The number of carbonyl (C=O) groups is 1. The molecule has 5 nitrogen and oxygen atoms in total. The van der Waals surface area contributed by atoms with Gasteiger partial charge in [-0.3, -0.25) is 9.78 Å². The standard InChI is InChI=1S/C20H24N2O3/c1-24-13-14-25-19-10-12-22(20(23)17-9-5-6-11-21-17)18(19)15-16-7-3-2-4-8-16/h2-9,11,18-19H,10,12-15H2,1H3/t18-,19+/m0/s1. The Kier molecular flexibility index (Phi) is 6.14. The highest BCUT2D eigenvalue weighted by molar-refractivity contribution is 5.92. The fourth-order valence-electron chi connectivity index (χ4n) is 3.29. The van der Waals surface area contributed by atoms with E-state index in [9.17, 15) is 4.79 Å². The molecule has 5 heteroatoms. The Balaban J connectivity index is 1.77. The van der Waals surface area contributed by atoms with Crippen LogP contribution in [0.1, 0.15) is 22.5 Å². The SMILES string of the molecule is COCCO[C@@H]1CCN(C(=O)c2ccccn2)[C@H]1Cc1ccccc1. The summed E-state index contributed by atoms with van der Waals surface area (Å²) >= 11 is 0. The molecular weight excluding hydrogens is 316 g/mol. The van der Waals surface area contributed by atoms with E-state index in [1.807, 2.05) is 35.2 Å². The van der Waals surface area contributed by atoms with Crippen LogP contribution >= 0.6 is 0 Å². The van der Waals surface area contributed by atoms with E-state index < -0.39 is 0 Å². The molecule has 0 radical (unpaired) electrons. The summed E-state index contributed by atoms with van der Waals surface area (Å²) in [5.41, 5.74) is 1.69. The average molecular weight is 340 g/mol. The fraction of sp³-hybridized carbons (Fsp3) is 0.400. The predicted octanol–water partition coefficient (Wildman–Crippen LogP) is 2.57. The lowest BCUT2D eigenvalue weighted by Crippen LogP contribution is -2.42. The first-order valence-corrected chi connectivity index (χ1v) is 8.66. The first kappa shape index (κ1) is 17.6. The van der Waals surface area contributed by atoms with Crippen molar-refractivity contribution in [3.63, 3.8) is 0 Å². The normalized spacial score (nSPS) is 20.0. The largest absolute Gasteiger partial charge is 0.382 e. The Bertz CT molecular complexity index is 663. The van der Waals surface area contributed by atoms with Gasteiger partial charge in [0.25, 0.3) is 5.91 Å². The summed E-state index contributed by atoms with van der Waals surface area (Å²) in [6.07, 6.45) is 3.28. The molecule has 2 heterocycles. The molecule has 1 fully saturated rings. The molecule has 0 aliphatic carbocycles. The molecule has 3 rings (SSSR count). The zero-order chi connectivity index (χ0) is 17.5. The number of pyridine rings is 1. The maximum atomic E-state index is 12.9. The van der Waals surface area contributed by atoms with Crippen LogP contribution in [0.3, 0.4) is 0 Å². The molecule has 25 heavy (non-hydrogen) atoms. The van der Waals surface area contributed by atoms with Crippen LogP contribution < -0.4 is 0 Å². The highest BCUT2D eigenvalue weighted by Gasteiger charge is 2.38. The Morgan fingerprint density at radius 3 is 2.68 bits per heavy atom. The van der Waals surface area contributed by atoms with Gasteiger partial charge in [0.05, 0.1) is 25.4 Å². The van der Waals surface area contributed by atoms with Crippen molar-refractivity contribution in [2.75, 3.05) is 26.9 Å². The van der Waals surface area contributed by atoms with Crippen LogP contribution in [0.4, 0.5) is 0 Å². The van der Waals surface area contributed by atoms with Gasteiger partial charge in [-0.05, 0) is 30.5 Å². The van der Waals surface area contributed by atoms with Crippen molar-refractivity contribution in [2.24, 2.45) is 0 Å². The van der Waals surface area contributed by atoms with E-state index in [0.717, 1.165) is 12.8 Å². The van der Waals surface area contributed by atoms with Crippen molar-refractivity contribution in [1.29, 1.82) is 0 Å². The first-order chi connectivity index (χ1) is 12.3. The highest BCUT2D eigenvalue weighted by Crippen LogP contribution is 2.26. The Morgan fingerprint density at radius 2 is 1.96 bits per heavy atom. The molecule has 1 amide bonds. The molecule has 0 N–H and O–H groups in total. The van der Waals surface area contributed by atoms with Gasteiger partial charge in [-0.2, -0.15) is 0 Å². The van der Waals surface area contributed by atoms with Gasteiger partial charge >= 0.3 is 0 Å². The van der Waals surface area contributed by atoms with Gasteiger partial charge in [0.1, 0.15) is 5.69 Å². The van der Waals surface area contributed by atoms with Gasteiger partial charge in [0.15, 0.2) is 0 Å². The van der Waals surface area contributed by atoms with Crippen LogP contribution in [0.5, 0.6) is 0 Å². The van der Waals surface area contributed by atoms with E-state index in [-0.39, 0.29) is 18.1 Å². The Labute approximate surface area is 148 Å². The minimum atomic E-state index is -0.0284. The van der Waals surface area contributed by atoms with E-state index in [4.69, 9.17) is 9.47 Å². The maximum absolute atomic E-state index is 12.9. The van der Waals surface area contributed by atoms with Crippen molar-refractivity contribution >= 4 is 5.91 Å². The number of amides is 1. The number of nitrogens with zero attached hydrogens (tertiary/aromatic N) is 2. The van der Waals surface area contributed by atoms with Gasteiger partial charge in [0.2, 0.25) is 0 Å². The van der Waals surface area contributed by atoms with E-state index in [0.29, 0.717) is 25.5 Å². The summed E-state index contributed by atoms with van der Waals surface area (Å²) in [6.45, 7) is 1.78. The number of aromatic nitrogens is 1. The second kappa shape index (κ2) is 8.74. The molecule has 0 spiro atoms. The summed E-state index contributed by atoms with van der Waals surface area (Å²) in [6, 6.07) is 15.7. The van der Waals surface area contributed by atoms with Gasteiger partial charge in [-0.25, -0.2) is 0 Å². The molecule has 132 valence electrons. The molecular formula is C20H24N2O3. The molecule has 0 unspecified atom stereocenters. The van der Waals surface area contributed by atoms with Crippen molar-refractivity contribution in [2.45, 2.75) is 25.0 Å². The second-order valence-electron chi connectivity index (χ2n) is 6.16. The van der Waals surface area contributed by atoms with Crippen molar-refractivity contribution in [3.8, 4) is 0 Å². The molecule has 1 aromatic heterocycles. The third kappa shape index (κ3) is 4.44. The lowest BCUT2D eigenvalue weighted by atomic mass is 10.0. The molecule has 1 aliphatic heterocycles. The second-order valence-corrected chi connectivity index (χ2v) is 6.16. The molecule has 2 atom stereocenters. The van der Waals surface area contributed by atoms with Crippen molar-refractivity contribution in [1.82, 2.24) is 9.88 Å². The molecule has 1 aliphatic rings. The number of benzene rings is 1. The minimum Gasteiger partial charge on any atom is -0.382 e. The monoisotopic (exact) mass is 340 g/mol. The summed E-state index contributed by atoms with van der Waals surface area (Å²) in [7, 11) is 1.66.